The first-order valence-electron chi connectivity index (χ1n) is 9.09. The van der Waals surface area contributed by atoms with Crippen LogP contribution in [0.1, 0.15) is 48.0 Å². The maximum atomic E-state index is 14.1. The van der Waals surface area contributed by atoms with Gasteiger partial charge in [-0.2, -0.15) is 0 Å². The first-order chi connectivity index (χ1) is 12.2. The van der Waals surface area contributed by atoms with E-state index in [9.17, 15) is 9.18 Å². The van der Waals surface area contributed by atoms with E-state index in [1.54, 1.807) is 12.1 Å². The van der Waals surface area contributed by atoms with Crippen molar-refractivity contribution in [1.82, 2.24) is 4.57 Å². The number of rotatable bonds is 4. The van der Waals surface area contributed by atoms with Gasteiger partial charge >= 0.3 is 0 Å². The molecule has 0 radical (unpaired) electrons. The van der Waals surface area contributed by atoms with Crippen molar-refractivity contribution in [2.24, 2.45) is 5.92 Å². The summed E-state index contributed by atoms with van der Waals surface area (Å²) < 4.78 is 16.1. The summed E-state index contributed by atoms with van der Waals surface area (Å²) in [6, 6.07) is 14.8. The average molecular weight is 335 g/mol. The van der Waals surface area contributed by atoms with Gasteiger partial charge in [0.1, 0.15) is 5.82 Å². The van der Waals surface area contributed by atoms with Crippen LogP contribution in [0.2, 0.25) is 0 Å². The first-order valence-corrected chi connectivity index (χ1v) is 9.09. The van der Waals surface area contributed by atoms with Gasteiger partial charge in [-0.25, -0.2) is 4.39 Å². The minimum Gasteiger partial charge on any atom is -0.342 e. The third-order valence-corrected chi connectivity index (χ3v) is 5.33. The van der Waals surface area contributed by atoms with E-state index >= 15 is 0 Å². The molecule has 1 aliphatic rings. The van der Waals surface area contributed by atoms with Crippen LogP contribution in [0.5, 0.6) is 0 Å². The van der Waals surface area contributed by atoms with E-state index in [-0.39, 0.29) is 17.5 Å². The minimum atomic E-state index is -0.208. The molecule has 2 nitrogen and oxygen atoms in total. The third-order valence-electron chi connectivity index (χ3n) is 5.33. The number of carbonyl (C=O) groups excluding carboxylic acids is 1. The second-order valence-electron chi connectivity index (χ2n) is 6.98. The van der Waals surface area contributed by atoms with Gasteiger partial charge < -0.3 is 4.57 Å². The summed E-state index contributed by atoms with van der Waals surface area (Å²) in [5.41, 5.74) is 2.42. The molecule has 0 aliphatic heterocycles. The van der Waals surface area contributed by atoms with Crippen LogP contribution >= 0.6 is 0 Å². The monoisotopic (exact) mass is 335 g/mol. The molecule has 3 aromatic rings. The van der Waals surface area contributed by atoms with Crippen LogP contribution in [0.3, 0.4) is 0 Å². The molecule has 4 rings (SSSR count). The largest absolute Gasteiger partial charge is 0.342 e. The van der Waals surface area contributed by atoms with Gasteiger partial charge in [0, 0.05) is 34.1 Å². The van der Waals surface area contributed by atoms with Gasteiger partial charge in [-0.15, -0.1) is 0 Å². The molecule has 1 saturated carbocycles. The summed E-state index contributed by atoms with van der Waals surface area (Å²) in [7, 11) is 0. The van der Waals surface area contributed by atoms with Crippen molar-refractivity contribution in [3.8, 4) is 0 Å². The van der Waals surface area contributed by atoms with Gasteiger partial charge in [-0.05, 0) is 25.0 Å². The third kappa shape index (κ3) is 3.11. The van der Waals surface area contributed by atoms with E-state index in [0.717, 1.165) is 42.1 Å². The maximum absolute atomic E-state index is 14.1. The Morgan fingerprint density at radius 2 is 1.72 bits per heavy atom. The fraction of sp³-hybridized carbons (Fsp3) is 0.318. The molecule has 0 saturated heterocycles. The number of hydrogen-bond acceptors (Lipinski definition) is 1. The van der Waals surface area contributed by atoms with E-state index in [0.29, 0.717) is 12.1 Å². The Kier molecular flexibility index (Phi) is 4.39. The van der Waals surface area contributed by atoms with Crippen LogP contribution in [-0.2, 0) is 6.54 Å². The molecule has 0 amide bonds. The Balaban J connectivity index is 1.73. The Labute approximate surface area is 147 Å². The second-order valence-corrected chi connectivity index (χ2v) is 6.98. The normalized spacial score (nSPS) is 15.6. The van der Waals surface area contributed by atoms with Gasteiger partial charge in [-0.3, -0.25) is 4.79 Å². The average Bonchev–Trinajstić information content (AvgIpc) is 3.02. The van der Waals surface area contributed by atoms with Crippen LogP contribution in [0.4, 0.5) is 4.39 Å². The zero-order valence-electron chi connectivity index (χ0n) is 14.2. The summed E-state index contributed by atoms with van der Waals surface area (Å²) in [4.78, 5) is 13.1. The molecule has 0 spiro atoms. The SMILES string of the molecule is O=C(c1cn(Cc2ccccc2F)c2ccccc12)C1CCCCC1. The fourth-order valence-corrected chi connectivity index (χ4v) is 3.97. The van der Waals surface area contributed by atoms with Crippen molar-refractivity contribution in [3.63, 3.8) is 0 Å². The summed E-state index contributed by atoms with van der Waals surface area (Å²) in [5, 5.41) is 0.981. The van der Waals surface area contributed by atoms with Gasteiger partial charge in [0.15, 0.2) is 5.78 Å². The number of hydrogen-bond donors (Lipinski definition) is 0. The van der Waals surface area contributed by atoms with E-state index in [1.165, 1.54) is 12.5 Å². The van der Waals surface area contributed by atoms with Crippen molar-refractivity contribution < 1.29 is 9.18 Å². The quantitative estimate of drug-likeness (QED) is 0.570. The molecule has 1 aromatic heterocycles. The lowest BCUT2D eigenvalue weighted by molar-refractivity contribution is 0.0891. The number of aromatic nitrogens is 1. The zero-order chi connectivity index (χ0) is 17.2. The van der Waals surface area contributed by atoms with Crippen LogP contribution in [0.15, 0.2) is 54.7 Å². The molecule has 0 unspecified atom stereocenters. The van der Waals surface area contributed by atoms with Crippen molar-refractivity contribution in [2.45, 2.75) is 38.6 Å². The molecule has 0 atom stereocenters. The maximum Gasteiger partial charge on any atom is 0.168 e. The van der Waals surface area contributed by atoms with Crippen molar-refractivity contribution >= 4 is 16.7 Å². The second kappa shape index (κ2) is 6.83. The number of Topliss-reactive ketones (excluding diaryl/α,β-unsaturated/α-hetero) is 1. The highest BCUT2D eigenvalue weighted by Crippen LogP contribution is 2.31. The molecule has 3 heteroatoms. The van der Waals surface area contributed by atoms with Gasteiger partial charge in [0.2, 0.25) is 0 Å². The van der Waals surface area contributed by atoms with Crippen LogP contribution in [0, 0.1) is 11.7 Å². The lowest BCUT2D eigenvalue weighted by Crippen LogP contribution is -2.17. The zero-order valence-corrected chi connectivity index (χ0v) is 14.2. The number of benzene rings is 2. The van der Waals surface area contributed by atoms with Gasteiger partial charge in [0.05, 0.1) is 6.54 Å². The Bertz CT molecular complexity index is 905. The number of nitrogens with zero attached hydrogens (tertiary/aromatic N) is 1. The highest BCUT2D eigenvalue weighted by atomic mass is 19.1. The molecule has 1 aliphatic carbocycles. The summed E-state index contributed by atoms with van der Waals surface area (Å²) in [5.74, 6) is 0.185. The van der Waals surface area contributed by atoms with Crippen LogP contribution < -0.4 is 0 Å². The number of ketones is 1. The minimum absolute atomic E-state index is 0.140. The lowest BCUT2D eigenvalue weighted by atomic mass is 9.84. The van der Waals surface area contributed by atoms with E-state index in [1.807, 2.05) is 41.1 Å². The van der Waals surface area contributed by atoms with Crippen molar-refractivity contribution in [2.75, 3.05) is 0 Å². The van der Waals surface area contributed by atoms with Crippen LogP contribution in [0.25, 0.3) is 10.9 Å². The molecule has 128 valence electrons. The van der Waals surface area contributed by atoms with Gasteiger partial charge in [0.25, 0.3) is 0 Å². The summed E-state index contributed by atoms with van der Waals surface area (Å²) in [6.45, 7) is 0.436. The predicted molar refractivity (Wildman–Crippen MR) is 98.3 cm³/mol. The van der Waals surface area contributed by atoms with Crippen molar-refractivity contribution in [3.05, 3.63) is 71.7 Å². The predicted octanol–water partition coefficient (Wildman–Crippen LogP) is 5.59. The standard InChI is InChI=1S/C22H22FNO/c23-20-12-6-4-10-17(20)14-24-15-19(18-11-5-7-13-21(18)24)22(25)16-8-2-1-3-9-16/h4-7,10-13,15-16H,1-3,8-9,14H2. The topological polar surface area (TPSA) is 22.0 Å². The molecule has 1 fully saturated rings. The van der Waals surface area contributed by atoms with Crippen LogP contribution in [-0.4, -0.2) is 10.4 Å². The molecule has 2 aromatic carbocycles. The molecule has 0 N–H and O–H groups in total. The molecular formula is C22H22FNO. The van der Waals surface area contributed by atoms with Gasteiger partial charge in [-0.1, -0.05) is 55.7 Å². The smallest absolute Gasteiger partial charge is 0.168 e. The number of halogens is 1. The van der Waals surface area contributed by atoms with E-state index < -0.39 is 0 Å². The lowest BCUT2D eigenvalue weighted by Gasteiger charge is -2.19. The van der Waals surface area contributed by atoms with Crippen molar-refractivity contribution in [1.29, 1.82) is 0 Å². The Morgan fingerprint density at radius 1 is 1.00 bits per heavy atom. The number of carbonyl (C=O) groups is 1. The Hall–Kier alpha value is -2.42. The number of para-hydroxylation sites is 1. The summed E-state index contributed by atoms with van der Waals surface area (Å²) in [6.07, 6.45) is 7.43. The molecule has 1 heterocycles. The van der Waals surface area contributed by atoms with E-state index in [2.05, 4.69) is 0 Å². The highest BCUT2D eigenvalue weighted by Gasteiger charge is 2.25. The molecular weight excluding hydrogens is 313 g/mol. The fourth-order valence-electron chi connectivity index (χ4n) is 3.97. The van der Waals surface area contributed by atoms with E-state index in [4.69, 9.17) is 0 Å². The summed E-state index contributed by atoms with van der Waals surface area (Å²) >= 11 is 0. The highest BCUT2D eigenvalue weighted by molar-refractivity contribution is 6.09. The molecule has 0 bridgehead atoms. The number of fused-ring (bicyclic) bond motifs is 1. The Morgan fingerprint density at radius 3 is 2.52 bits per heavy atom. The first kappa shape index (κ1) is 16.1. The molecule has 25 heavy (non-hydrogen) atoms.